The topological polar surface area (TPSA) is 80.5 Å². The largest absolute Gasteiger partial charge is 0.465 e. The number of ether oxygens (including phenoxy) is 1. The lowest BCUT2D eigenvalue weighted by atomic mass is 9.99. The minimum Gasteiger partial charge on any atom is -0.465 e. The Morgan fingerprint density at radius 3 is 2.90 bits per heavy atom. The van der Waals surface area contributed by atoms with Crippen LogP contribution in [-0.2, 0) is 4.74 Å². The molecule has 0 unspecified atom stereocenters. The van der Waals surface area contributed by atoms with Crippen molar-refractivity contribution in [3.8, 4) is 0 Å². The van der Waals surface area contributed by atoms with Gasteiger partial charge in [-0.1, -0.05) is 6.92 Å². The van der Waals surface area contributed by atoms with E-state index >= 15 is 0 Å². The van der Waals surface area contributed by atoms with Gasteiger partial charge in [0.1, 0.15) is 10.6 Å². The number of hydrogen-bond acceptors (Lipinski definition) is 7. The van der Waals surface area contributed by atoms with E-state index in [4.69, 9.17) is 10.5 Å². The van der Waals surface area contributed by atoms with E-state index in [1.807, 2.05) is 0 Å². The molecule has 2 rings (SSSR count). The Balaban J connectivity index is 1.84. The Hall–Kier alpha value is -1.34. The zero-order valence-corrected chi connectivity index (χ0v) is 12.8. The van der Waals surface area contributed by atoms with Gasteiger partial charge < -0.3 is 20.7 Å². The number of hydrogen-bond donors (Lipinski definition) is 2. The lowest BCUT2D eigenvalue weighted by molar-refractivity contribution is 0.0603. The second kappa shape index (κ2) is 6.90. The number of nitrogen functional groups attached to an aromatic ring is 1. The first-order chi connectivity index (χ1) is 9.61. The maximum atomic E-state index is 11.6. The number of nitrogens with one attached hydrogen (secondary N) is 1. The van der Waals surface area contributed by atoms with E-state index < -0.39 is 5.97 Å². The third-order valence-electron chi connectivity index (χ3n) is 3.70. The summed E-state index contributed by atoms with van der Waals surface area (Å²) in [5.41, 5.74) is 6.05. The van der Waals surface area contributed by atoms with Crippen molar-refractivity contribution < 1.29 is 9.53 Å². The smallest absolute Gasteiger partial charge is 0.344 e. The second-order valence-electron chi connectivity index (χ2n) is 5.21. The Bertz CT molecular complexity index is 455. The van der Waals surface area contributed by atoms with Gasteiger partial charge in [-0.05, 0) is 43.4 Å². The SMILES string of the molecule is COC(=O)c1c(N)nsc1NCCN1CCC(C)CC1. The summed E-state index contributed by atoms with van der Waals surface area (Å²) in [4.78, 5) is 14.1. The van der Waals surface area contributed by atoms with E-state index in [0.717, 1.165) is 32.1 Å². The minimum atomic E-state index is -0.439. The van der Waals surface area contributed by atoms with Crippen LogP contribution in [0, 0.1) is 5.92 Å². The number of carbonyl (C=O) groups excluding carboxylic acids is 1. The first-order valence-electron chi connectivity index (χ1n) is 6.91. The number of nitrogens with zero attached hydrogens (tertiary/aromatic N) is 2. The van der Waals surface area contributed by atoms with Gasteiger partial charge in [-0.15, -0.1) is 0 Å². The summed E-state index contributed by atoms with van der Waals surface area (Å²) in [6, 6.07) is 0. The number of methoxy groups -OCH3 is 1. The number of esters is 1. The molecule has 0 amide bonds. The molecule has 0 radical (unpaired) electrons. The van der Waals surface area contributed by atoms with Crippen LogP contribution in [0.15, 0.2) is 0 Å². The fourth-order valence-corrected chi connectivity index (χ4v) is 3.06. The number of piperidine rings is 1. The van der Waals surface area contributed by atoms with Crippen molar-refractivity contribution in [1.82, 2.24) is 9.27 Å². The zero-order chi connectivity index (χ0) is 14.5. The van der Waals surface area contributed by atoms with Crippen molar-refractivity contribution in [3.63, 3.8) is 0 Å². The van der Waals surface area contributed by atoms with Gasteiger partial charge in [0.2, 0.25) is 0 Å². The van der Waals surface area contributed by atoms with Crippen LogP contribution in [0.2, 0.25) is 0 Å². The normalized spacial score (nSPS) is 17.1. The Morgan fingerprint density at radius 1 is 1.55 bits per heavy atom. The average molecular weight is 298 g/mol. The highest BCUT2D eigenvalue weighted by Gasteiger charge is 2.20. The van der Waals surface area contributed by atoms with Crippen LogP contribution in [-0.4, -0.2) is 48.5 Å². The first-order valence-corrected chi connectivity index (χ1v) is 7.68. The summed E-state index contributed by atoms with van der Waals surface area (Å²) < 4.78 is 8.72. The molecule has 0 bridgehead atoms. The van der Waals surface area contributed by atoms with Crippen LogP contribution < -0.4 is 11.1 Å². The van der Waals surface area contributed by atoms with Crippen molar-refractivity contribution in [2.24, 2.45) is 5.92 Å². The highest BCUT2D eigenvalue weighted by molar-refractivity contribution is 7.11. The molecule has 0 saturated carbocycles. The molecule has 1 saturated heterocycles. The molecule has 0 aliphatic carbocycles. The van der Waals surface area contributed by atoms with Gasteiger partial charge in [0.25, 0.3) is 0 Å². The summed E-state index contributed by atoms with van der Waals surface area (Å²) in [7, 11) is 1.35. The molecular formula is C13H22N4O2S. The van der Waals surface area contributed by atoms with Gasteiger partial charge >= 0.3 is 5.97 Å². The van der Waals surface area contributed by atoms with E-state index in [0.29, 0.717) is 10.6 Å². The molecule has 1 aliphatic rings. The molecule has 6 nitrogen and oxygen atoms in total. The molecule has 7 heteroatoms. The third-order valence-corrected chi connectivity index (χ3v) is 4.52. The zero-order valence-electron chi connectivity index (χ0n) is 12.0. The summed E-state index contributed by atoms with van der Waals surface area (Å²) >= 11 is 1.20. The van der Waals surface area contributed by atoms with Gasteiger partial charge in [0.15, 0.2) is 5.82 Å². The highest BCUT2D eigenvalue weighted by atomic mass is 32.1. The predicted molar refractivity (Wildman–Crippen MR) is 81.2 cm³/mol. The fourth-order valence-electron chi connectivity index (χ4n) is 2.34. The Kier molecular flexibility index (Phi) is 5.19. The summed E-state index contributed by atoms with van der Waals surface area (Å²) in [5.74, 6) is 0.633. The van der Waals surface area contributed by atoms with Crippen molar-refractivity contribution in [1.29, 1.82) is 0 Å². The average Bonchev–Trinajstić information content (AvgIpc) is 2.81. The number of likely N-dealkylation sites (tertiary alicyclic amines) is 1. The number of carbonyl (C=O) groups is 1. The number of aromatic nitrogens is 1. The van der Waals surface area contributed by atoms with E-state index in [2.05, 4.69) is 21.5 Å². The Labute approximate surface area is 123 Å². The Morgan fingerprint density at radius 2 is 2.25 bits per heavy atom. The molecule has 0 aromatic carbocycles. The lowest BCUT2D eigenvalue weighted by Gasteiger charge is -2.30. The fraction of sp³-hybridized carbons (Fsp3) is 0.692. The van der Waals surface area contributed by atoms with E-state index in [1.165, 1.54) is 31.5 Å². The van der Waals surface area contributed by atoms with Crippen LogP contribution in [0.25, 0.3) is 0 Å². The minimum absolute atomic E-state index is 0.233. The van der Waals surface area contributed by atoms with Gasteiger partial charge in [-0.3, -0.25) is 0 Å². The van der Waals surface area contributed by atoms with Crippen molar-refractivity contribution in [3.05, 3.63) is 5.56 Å². The van der Waals surface area contributed by atoms with E-state index in [1.54, 1.807) is 0 Å². The maximum absolute atomic E-state index is 11.6. The molecule has 1 aromatic rings. The monoisotopic (exact) mass is 298 g/mol. The molecule has 2 heterocycles. The number of anilines is 2. The molecule has 112 valence electrons. The number of rotatable bonds is 5. The van der Waals surface area contributed by atoms with Crippen molar-refractivity contribution in [2.45, 2.75) is 19.8 Å². The maximum Gasteiger partial charge on any atom is 0.344 e. The van der Waals surface area contributed by atoms with Crippen LogP contribution in [0.3, 0.4) is 0 Å². The second-order valence-corrected chi connectivity index (χ2v) is 5.99. The van der Waals surface area contributed by atoms with Crippen LogP contribution in [0.5, 0.6) is 0 Å². The highest BCUT2D eigenvalue weighted by Crippen LogP contribution is 2.27. The molecule has 1 aliphatic heterocycles. The molecule has 1 aromatic heterocycles. The van der Waals surface area contributed by atoms with Gasteiger partial charge in [-0.25, -0.2) is 4.79 Å². The van der Waals surface area contributed by atoms with Gasteiger partial charge in [0, 0.05) is 13.1 Å². The molecular weight excluding hydrogens is 276 g/mol. The van der Waals surface area contributed by atoms with Crippen molar-refractivity contribution in [2.75, 3.05) is 44.3 Å². The summed E-state index contributed by atoms with van der Waals surface area (Å²) in [5, 5.41) is 3.94. The number of nitrogens with two attached hydrogens (primary N) is 1. The van der Waals surface area contributed by atoms with Crippen LogP contribution >= 0.6 is 11.5 Å². The third kappa shape index (κ3) is 3.61. The summed E-state index contributed by atoms with van der Waals surface area (Å²) in [6.45, 7) is 6.35. The quantitative estimate of drug-likeness (QED) is 0.805. The predicted octanol–water partition coefficient (Wildman–Crippen LogP) is 1.66. The van der Waals surface area contributed by atoms with E-state index in [-0.39, 0.29) is 5.82 Å². The van der Waals surface area contributed by atoms with Crippen molar-refractivity contribution >= 4 is 28.3 Å². The lowest BCUT2D eigenvalue weighted by Crippen LogP contribution is -2.36. The molecule has 0 atom stereocenters. The molecule has 0 spiro atoms. The molecule has 20 heavy (non-hydrogen) atoms. The molecule has 3 N–H and O–H groups in total. The van der Waals surface area contributed by atoms with Crippen LogP contribution in [0.4, 0.5) is 10.8 Å². The first kappa shape index (κ1) is 15.1. The van der Waals surface area contributed by atoms with Gasteiger partial charge in [0.05, 0.1) is 7.11 Å². The van der Waals surface area contributed by atoms with E-state index in [9.17, 15) is 4.79 Å². The van der Waals surface area contributed by atoms with Gasteiger partial charge in [-0.2, -0.15) is 4.37 Å². The standard InChI is InChI=1S/C13H22N4O2S/c1-9-3-6-17(7-4-9)8-5-15-12-10(13(18)19-2)11(14)16-20-12/h9,15H,3-8H2,1-2H3,(H2,14,16). The summed E-state index contributed by atoms with van der Waals surface area (Å²) in [6.07, 6.45) is 2.53. The molecule has 1 fully saturated rings. The van der Waals surface area contributed by atoms with Crippen LogP contribution in [0.1, 0.15) is 30.1 Å².